The van der Waals surface area contributed by atoms with E-state index in [1.807, 2.05) is 36.4 Å². The van der Waals surface area contributed by atoms with Gasteiger partial charge in [0.15, 0.2) is 0 Å². The highest BCUT2D eigenvalue weighted by molar-refractivity contribution is 6.00. The van der Waals surface area contributed by atoms with Crippen LogP contribution < -0.4 is 10.6 Å². The van der Waals surface area contributed by atoms with Crippen LogP contribution in [-0.2, 0) is 17.8 Å². The minimum Gasteiger partial charge on any atom is -0.349 e. The largest absolute Gasteiger partial charge is 0.349 e. The van der Waals surface area contributed by atoms with E-state index in [9.17, 15) is 9.59 Å². The number of nitrogens with one attached hydrogen (secondary N) is 2. The average Bonchev–Trinajstić information content (AvgIpc) is 2.53. The number of benzene rings is 1. The Kier molecular flexibility index (Phi) is 3.64. The molecule has 1 atom stereocenters. The summed E-state index contributed by atoms with van der Waals surface area (Å²) in [4.78, 5) is 28.3. The van der Waals surface area contributed by atoms with Gasteiger partial charge in [-0.2, -0.15) is 0 Å². The molecule has 1 unspecified atom stereocenters. The number of amides is 2. The van der Waals surface area contributed by atoms with Crippen molar-refractivity contribution in [1.82, 2.24) is 15.6 Å². The molecule has 1 aromatic heterocycles. The van der Waals surface area contributed by atoms with Crippen molar-refractivity contribution in [2.75, 3.05) is 0 Å². The molecular formula is C16H15N3O2. The lowest BCUT2D eigenvalue weighted by molar-refractivity contribution is -0.123. The molecule has 0 bridgehead atoms. The molecule has 2 heterocycles. The molecule has 1 aliphatic heterocycles. The van der Waals surface area contributed by atoms with E-state index in [1.54, 1.807) is 12.3 Å². The van der Waals surface area contributed by atoms with E-state index in [1.165, 1.54) is 0 Å². The van der Waals surface area contributed by atoms with Crippen LogP contribution in [0.5, 0.6) is 0 Å². The molecule has 5 nitrogen and oxygen atoms in total. The third-order valence-electron chi connectivity index (χ3n) is 3.48. The first-order valence-electron chi connectivity index (χ1n) is 6.80. The number of carbonyl (C=O) groups excluding carboxylic acids is 2. The van der Waals surface area contributed by atoms with Crippen molar-refractivity contribution in [3.8, 4) is 0 Å². The zero-order chi connectivity index (χ0) is 14.7. The molecule has 2 amide bonds. The van der Waals surface area contributed by atoms with Gasteiger partial charge < -0.3 is 10.6 Å². The molecule has 21 heavy (non-hydrogen) atoms. The minimum atomic E-state index is -0.531. The highest BCUT2D eigenvalue weighted by Gasteiger charge is 2.28. The number of aromatic nitrogens is 1. The Morgan fingerprint density at radius 3 is 2.86 bits per heavy atom. The van der Waals surface area contributed by atoms with Crippen molar-refractivity contribution in [3.05, 3.63) is 65.5 Å². The van der Waals surface area contributed by atoms with E-state index < -0.39 is 6.04 Å². The SMILES string of the molecule is O=C1NC(C(=O)NCc2ccccn2)Cc2ccccc21. The van der Waals surface area contributed by atoms with Crippen LogP contribution in [0.3, 0.4) is 0 Å². The van der Waals surface area contributed by atoms with Gasteiger partial charge in [-0.05, 0) is 23.8 Å². The lowest BCUT2D eigenvalue weighted by Gasteiger charge is -2.24. The number of hydrogen-bond donors (Lipinski definition) is 2. The molecule has 1 aliphatic rings. The van der Waals surface area contributed by atoms with Gasteiger partial charge in [0.25, 0.3) is 5.91 Å². The lowest BCUT2D eigenvalue weighted by Crippen LogP contribution is -2.50. The first kappa shape index (κ1) is 13.3. The molecule has 0 spiro atoms. The molecule has 2 aromatic rings. The van der Waals surface area contributed by atoms with Crippen LogP contribution >= 0.6 is 0 Å². The second-order valence-electron chi connectivity index (χ2n) is 4.93. The van der Waals surface area contributed by atoms with Gasteiger partial charge in [0, 0.05) is 18.2 Å². The molecule has 0 saturated heterocycles. The van der Waals surface area contributed by atoms with Gasteiger partial charge in [0.1, 0.15) is 6.04 Å². The fourth-order valence-corrected chi connectivity index (χ4v) is 2.39. The van der Waals surface area contributed by atoms with Crippen molar-refractivity contribution >= 4 is 11.8 Å². The molecule has 0 radical (unpaired) electrons. The van der Waals surface area contributed by atoms with Gasteiger partial charge in [0.2, 0.25) is 5.91 Å². The Balaban J connectivity index is 1.65. The Morgan fingerprint density at radius 1 is 1.24 bits per heavy atom. The summed E-state index contributed by atoms with van der Waals surface area (Å²) in [6.07, 6.45) is 2.19. The smallest absolute Gasteiger partial charge is 0.252 e. The summed E-state index contributed by atoms with van der Waals surface area (Å²) < 4.78 is 0. The van der Waals surface area contributed by atoms with Gasteiger partial charge in [-0.3, -0.25) is 14.6 Å². The van der Waals surface area contributed by atoms with E-state index in [-0.39, 0.29) is 11.8 Å². The van der Waals surface area contributed by atoms with Crippen LogP contribution in [0.25, 0.3) is 0 Å². The molecule has 3 rings (SSSR count). The van der Waals surface area contributed by atoms with E-state index in [0.717, 1.165) is 11.3 Å². The fourth-order valence-electron chi connectivity index (χ4n) is 2.39. The summed E-state index contributed by atoms with van der Waals surface area (Å²) in [7, 11) is 0. The van der Waals surface area contributed by atoms with Gasteiger partial charge >= 0.3 is 0 Å². The molecule has 5 heteroatoms. The maximum Gasteiger partial charge on any atom is 0.252 e. The quantitative estimate of drug-likeness (QED) is 0.883. The third kappa shape index (κ3) is 2.91. The summed E-state index contributed by atoms with van der Waals surface area (Å²) in [6.45, 7) is 0.355. The first-order chi connectivity index (χ1) is 10.2. The predicted octanol–water partition coefficient (Wildman–Crippen LogP) is 1.05. The Labute approximate surface area is 122 Å². The number of hydrogen-bond acceptors (Lipinski definition) is 3. The summed E-state index contributed by atoms with van der Waals surface area (Å²) in [5.74, 6) is -0.390. The third-order valence-corrected chi connectivity index (χ3v) is 3.48. The lowest BCUT2D eigenvalue weighted by atomic mass is 9.95. The van der Waals surface area contributed by atoms with Gasteiger partial charge in [-0.25, -0.2) is 0 Å². The van der Waals surface area contributed by atoms with Crippen LogP contribution in [0.4, 0.5) is 0 Å². The highest BCUT2D eigenvalue weighted by atomic mass is 16.2. The Hall–Kier alpha value is -2.69. The summed E-state index contributed by atoms with van der Waals surface area (Å²) in [6, 6.07) is 12.3. The second kappa shape index (κ2) is 5.75. The average molecular weight is 281 g/mol. The fraction of sp³-hybridized carbons (Fsp3) is 0.188. The molecule has 1 aromatic carbocycles. The Bertz CT molecular complexity index is 670. The zero-order valence-corrected chi connectivity index (χ0v) is 11.4. The summed E-state index contributed by atoms with van der Waals surface area (Å²) >= 11 is 0. The monoisotopic (exact) mass is 281 g/mol. The predicted molar refractivity (Wildman–Crippen MR) is 77.5 cm³/mol. The number of pyridine rings is 1. The van der Waals surface area contributed by atoms with Gasteiger partial charge in [0.05, 0.1) is 12.2 Å². The Morgan fingerprint density at radius 2 is 2.05 bits per heavy atom. The molecule has 106 valence electrons. The van der Waals surface area contributed by atoms with Crippen LogP contribution in [0.2, 0.25) is 0 Å². The van der Waals surface area contributed by atoms with E-state index >= 15 is 0 Å². The topological polar surface area (TPSA) is 71.1 Å². The molecule has 0 aliphatic carbocycles. The van der Waals surface area contributed by atoms with Crippen molar-refractivity contribution < 1.29 is 9.59 Å². The van der Waals surface area contributed by atoms with Gasteiger partial charge in [-0.15, -0.1) is 0 Å². The van der Waals surface area contributed by atoms with E-state index in [0.29, 0.717) is 18.5 Å². The van der Waals surface area contributed by atoms with Crippen molar-refractivity contribution in [2.45, 2.75) is 19.0 Å². The maximum absolute atomic E-state index is 12.2. The van der Waals surface area contributed by atoms with Crippen LogP contribution in [0.1, 0.15) is 21.6 Å². The normalized spacial score (nSPS) is 16.8. The second-order valence-corrected chi connectivity index (χ2v) is 4.93. The van der Waals surface area contributed by atoms with Crippen molar-refractivity contribution in [2.24, 2.45) is 0 Å². The summed E-state index contributed by atoms with van der Waals surface area (Å²) in [5, 5.41) is 5.54. The minimum absolute atomic E-state index is 0.191. The number of rotatable bonds is 3. The molecule has 2 N–H and O–H groups in total. The molecule has 0 fully saturated rings. The zero-order valence-electron chi connectivity index (χ0n) is 11.4. The van der Waals surface area contributed by atoms with E-state index in [4.69, 9.17) is 0 Å². The van der Waals surface area contributed by atoms with Crippen molar-refractivity contribution in [3.63, 3.8) is 0 Å². The highest BCUT2D eigenvalue weighted by Crippen LogP contribution is 2.16. The van der Waals surface area contributed by atoms with Crippen molar-refractivity contribution in [1.29, 1.82) is 0 Å². The van der Waals surface area contributed by atoms with Crippen LogP contribution in [0.15, 0.2) is 48.7 Å². The van der Waals surface area contributed by atoms with Gasteiger partial charge in [-0.1, -0.05) is 24.3 Å². The number of nitrogens with zero attached hydrogens (tertiary/aromatic N) is 1. The van der Waals surface area contributed by atoms with E-state index in [2.05, 4.69) is 15.6 Å². The summed E-state index contributed by atoms with van der Waals surface area (Å²) in [5.41, 5.74) is 2.33. The number of carbonyl (C=O) groups is 2. The first-order valence-corrected chi connectivity index (χ1v) is 6.80. The van der Waals surface area contributed by atoms with Crippen LogP contribution in [0, 0.1) is 0 Å². The van der Waals surface area contributed by atoms with Crippen LogP contribution in [-0.4, -0.2) is 22.8 Å². The molecule has 0 saturated carbocycles. The standard InChI is InChI=1S/C16H15N3O2/c20-15-13-7-2-1-5-11(13)9-14(19-15)16(21)18-10-12-6-3-4-8-17-12/h1-8,14H,9-10H2,(H,18,21)(H,19,20). The number of fused-ring (bicyclic) bond motifs is 1. The molecular weight excluding hydrogens is 266 g/mol. The maximum atomic E-state index is 12.2.